The van der Waals surface area contributed by atoms with Crippen molar-refractivity contribution < 1.29 is 22.7 Å². The Morgan fingerprint density at radius 1 is 1.15 bits per heavy atom. The number of benzene rings is 2. The van der Waals surface area contributed by atoms with Crippen molar-refractivity contribution in [3.63, 3.8) is 0 Å². The second-order valence-electron chi connectivity index (χ2n) is 4.05. The number of alkyl halides is 2. The number of hydrogen-bond donors (Lipinski definition) is 0. The molecular formula is C15H11F3O2. The van der Waals surface area contributed by atoms with Crippen LogP contribution in [-0.2, 0) is 0 Å². The monoisotopic (exact) mass is 280 g/mol. The minimum Gasteiger partial charge on any atom is -0.487 e. The highest BCUT2D eigenvalue weighted by atomic mass is 19.3. The second kappa shape index (κ2) is 6.23. The van der Waals surface area contributed by atoms with E-state index >= 15 is 0 Å². The standard InChI is InChI=1S/C15H11F3O2/c16-13-4-2-1-3-12(13)10-5-6-11(8-19)14(7-10)20-9-15(17)18/h1-8,15H,9H2. The van der Waals surface area contributed by atoms with Crippen LogP contribution in [0.25, 0.3) is 11.1 Å². The maximum absolute atomic E-state index is 13.7. The van der Waals surface area contributed by atoms with Crippen LogP contribution >= 0.6 is 0 Å². The molecule has 0 radical (unpaired) electrons. The fraction of sp³-hybridized carbons (Fsp3) is 0.133. The van der Waals surface area contributed by atoms with Gasteiger partial charge in [0.25, 0.3) is 6.43 Å². The Bertz CT molecular complexity index is 612. The van der Waals surface area contributed by atoms with E-state index in [0.29, 0.717) is 17.4 Å². The van der Waals surface area contributed by atoms with Crippen LogP contribution in [0.2, 0.25) is 0 Å². The van der Waals surface area contributed by atoms with E-state index in [1.807, 2.05) is 0 Å². The molecule has 2 aromatic carbocycles. The highest BCUT2D eigenvalue weighted by molar-refractivity contribution is 5.82. The van der Waals surface area contributed by atoms with Crippen LogP contribution in [0.15, 0.2) is 42.5 Å². The molecule has 2 aromatic rings. The van der Waals surface area contributed by atoms with Crippen LogP contribution < -0.4 is 4.74 Å². The first kappa shape index (κ1) is 14.1. The first-order valence-corrected chi connectivity index (χ1v) is 5.87. The fourth-order valence-corrected chi connectivity index (χ4v) is 1.77. The highest BCUT2D eigenvalue weighted by Crippen LogP contribution is 2.28. The number of rotatable bonds is 5. The van der Waals surface area contributed by atoms with Crippen molar-refractivity contribution in [1.82, 2.24) is 0 Å². The second-order valence-corrected chi connectivity index (χ2v) is 4.05. The molecule has 5 heteroatoms. The Morgan fingerprint density at radius 2 is 1.90 bits per heavy atom. The summed E-state index contributed by atoms with van der Waals surface area (Å²) in [5, 5.41) is 0. The highest BCUT2D eigenvalue weighted by Gasteiger charge is 2.11. The molecule has 0 fully saturated rings. The molecule has 0 amide bonds. The summed E-state index contributed by atoms with van der Waals surface area (Å²) >= 11 is 0. The maximum atomic E-state index is 13.7. The number of aldehydes is 1. The summed E-state index contributed by atoms with van der Waals surface area (Å²) in [6.45, 7) is -0.818. The summed E-state index contributed by atoms with van der Waals surface area (Å²) in [7, 11) is 0. The van der Waals surface area contributed by atoms with Gasteiger partial charge in [-0.05, 0) is 23.8 Å². The third-order valence-electron chi connectivity index (χ3n) is 2.69. The van der Waals surface area contributed by atoms with Crippen LogP contribution in [-0.4, -0.2) is 19.3 Å². The number of carbonyl (C=O) groups is 1. The summed E-state index contributed by atoms with van der Waals surface area (Å²) in [5.41, 5.74) is 0.913. The quantitative estimate of drug-likeness (QED) is 0.775. The summed E-state index contributed by atoms with van der Waals surface area (Å²) < 4.78 is 42.9. The summed E-state index contributed by atoms with van der Waals surface area (Å²) in [4.78, 5) is 10.8. The minimum absolute atomic E-state index is 0.0149. The molecule has 0 aliphatic rings. The van der Waals surface area contributed by atoms with Crippen molar-refractivity contribution in [2.75, 3.05) is 6.61 Å². The van der Waals surface area contributed by atoms with Gasteiger partial charge < -0.3 is 4.74 Å². The number of ether oxygens (including phenoxy) is 1. The van der Waals surface area contributed by atoms with Crippen molar-refractivity contribution in [3.05, 3.63) is 53.8 Å². The molecule has 0 aliphatic carbocycles. The molecule has 0 bridgehead atoms. The number of hydrogen-bond acceptors (Lipinski definition) is 2. The molecule has 0 saturated carbocycles. The third-order valence-corrected chi connectivity index (χ3v) is 2.69. The normalized spacial score (nSPS) is 10.6. The summed E-state index contributed by atoms with van der Waals surface area (Å²) in [6.07, 6.45) is -2.14. The van der Waals surface area contributed by atoms with E-state index in [9.17, 15) is 18.0 Å². The van der Waals surface area contributed by atoms with Gasteiger partial charge in [0.15, 0.2) is 6.29 Å². The van der Waals surface area contributed by atoms with E-state index in [2.05, 4.69) is 0 Å². The van der Waals surface area contributed by atoms with E-state index in [0.717, 1.165) is 0 Å². The van der Waals surface area contributed by atoms with Crippen molar-refractivity contribution in [3.8, 4) is 16.9 Å². The average molecular weight is 280 g/mol. The third kappa shape index (κ3) is 3.17. The molecule has 0 unspecified atom stereocenters. The van der Waals surface area contributed by atoms with Gasteiger partial charge in [0.05, 0.1) is 5.56 Å². The Hall–Kier alpha value is -2.30. The molecule has 0 aliphatic heterocycles. The molecule has 2 nitrogen and oxygen atoms in total. The van der Waals surface area contributed by atoms with Gasteiger partial charge in [0, 0.05) is 5.56 Å². The zero-order chi connectivity index (χ0) is 14.5. The molecule has 0 N–H and O–H groups in total. The molecule has 0 saturated heterocycles. The van der Waals surface area contributed by atoms with Crippen LogP contribution in [0.4, 0.5) is 13.2 Å². The van der Waals surface area contributed by atoms with Crippen LogP contribution in [0.3, 0.4) is 0 Å². The summed E-state index contributed by atoms with van der Waals surface area (Å²) in [6, 6.07) is 10.4. The van der Waals surface area contributed by atoms with Gasteiger partial charge in [-0.25, -0.2) is 13.2 Å². The molecular weight excluding hydrogens is 269 g/mol. The predicted molar refractivity (Wildman–Crippen MR) is 68.7 cm³/mol. The lowest BCUT2D eigenvalue weighted by atomic mass is 10.0. The van der Waals surface area contributed by atoms with E-state index in [1.165, 1.54) is 24.3 Å². The Kier molecular flexibility index (Phi) is 4.40. The summed E-state index contributed by atoms with van der Waals surface area (Å²) in [5.74, 6) is -0.424. The van der Waals surface area contributed by atoms with E-state index in [1.54, 1.807) is 18.2 Å². The Labute approximate surface area is 113 Å². The predicted octanol–water partition coefficient (Wildman–Crippen LogP) is 3.95. The Morgan fingerprint density at radius 3 is 2.55 bits per heavy atom. The topological polar surface area (TPSA) is 26.3 Å². The lowest BCUT2D eigenvalue weighted by molar-refractivity contribution is 0.0809. The molecule has 20 heavy (non-hydrogen) atoms. The largest absolute Gasteiger partial charge is 0.487 e. The van der Waals surface area contributed by atoms with E-state index < -0.39 is 18.8 Å². The average Bonchev–Trinajstić information content (AvgIpc) is 2.45. The van der Waals surface area contributed by atoms with Crippen molar-refractivity contribution in [2.45, 2.75) is 6.43 Å². The molecule has 104 valence electrons. The smallest absolute Gasteiger partial charge is 0.272 e. The number of halogens is 3. The van der Waals surface area contributed by atoms with Gasteiger partial charge in [-0.1, -0.05) is 24.3 Å². The van der Waals surface area contributed by atoms with Crippen LogP contribution in [0, 0.1) is 5.82 Å². The van der Waals surface area contributed by atoms with Crippen molar-refractivity contribution in [2.24, 2.45) is 0 Å². The molecule has 0 heterocycles. The lowest BCUT2D eigenvalue weighted by Crippen LogP contribution is -2.08. The van der Waals surface area contributed by atoms with Crippen molar-refractivity contribution >= 4 is 6.29 Å². The van der Waals surface area contributed by atoms with Gasteiger partial charge >= 0.3 is 0 Å². The van der Waals surface area contributed by atoms with Crippen molar-refractivity contribution in [1.29, 1.82) is 0 Å². The fourth-order valence-electron chi connectivity index (χ4n) is 1.77. The molecule has 0 atom stereocenters. The van der Waals surface area contributed by atoms with E-state index in [-0.39, 0.29) is 11.3 Å². The zero-order valence-corrected chi connectivity index (χ0v) is 10.4. The van der Waals surface area contributed by atoms with Gasteiger partial charge in [-0.15, -0.1) is 0 Å². The van der Waals surface area contributed by atoms with E-state index in [4.69, 9.17) is 4.74 Å². The van der Waals surface area contributed by atoms with Crippen LogP contribution in [0.5, 0.6) is 5.75 Å². The number of carbonyl (C=O) groups excluding carboxylic acids is 1. The van der Waals surface area contributed by atoms with Gasteiger partial charge in [-0.2, -0.15) is 0 Å². The SMILES string of the molecule is O=Cc1ccc(-c2ccccc2F)cc1OCC(F)F. The molecule has 0 aromatic heterocycles. The van der Waals surface area contributed by atoms with Gasteiger partial charge in [-0.3, -0.25) is 4.79 Å². The van der Waals surface area contributed by atoms with Gasteiger partial charge in [0.2, 0.25) is 0 Å². The first-order chi connectivity index (χ1) is 9.61. The molecule has 0 spiro atoms. The van der Waals surface area contributed by atoms with Gasteiger partial charge in [0.1, 0.15) is 18.2 Å². The lowest BCUT2D eigenvalue weighted by Gasteiger charge is -2.10. The minimum atomic E-state index is -2.65. The molecule has 2 rings (SSSR count). The van der Waals surface area contributed by atoms with Crippen LogP contribution in [0.1, 0.15) is 10.4 Å². The first-order valence-electron chi connectivity index (χ1n) is 5.87. The maximum Gasteiger partial charge on any atom is 0.272 e. The zero-order valence-electron chi connectivity index (χ0n) is 10.4. The Balaban J connectivity index is 2.39.